The van der Waals surface area contributed by atoms with Crippen LogP contribution in [0.4, 0.5) is 13.2 Å². The van der Waals surface area contributed by atoms with Crippen LogP contribution in [0.1, 0.15) is 30.1 Å². The van der Waals surface area contributed by atoms with Crippen molar-refractivity contribution in [3.05, 3.63) is 35.7 Å². The Morgan fingerprint density at radius 3 is 2.75 bits per heavy atom. The van der Waals surface area contributed by atoms with Crippen LogP contribution in [-0.2, 0) is 19.6 Å². The highest BCUT2D eigenvalue weighted by Crippen LogP contribution is 2.23. The van der Waals surface area contributed by atoms with Crippen LogP contribution < -0.4 is 0 Å². The van der Waals surface area contributed by atoms with Crippen LogP contribution in [0, 0.1) is 13.8 Å². The molecule has 2 aromatic rings. The molecule has 0 N–H and O–H groups in total. The number of hydrogen-bond acceptors (Lipinski definition) is 3. The molecule has 0 saturated carbocycles. The van der Waals surface area contributed by atoms with E-state index in [9.17, 15) is 13.2 Å². The molecule has 3 heterocycles. The zero-order chi connectivity index (χ0) is 17.3. The standard InChI is InChI=1S/C16H22F3N5/c1-12-8-13(2)24(21-12)9-14-4-3-6-22(14)10-15-20-5-7-23(15)11-16(17,18)19/h5,7-8,14H,3-4,6,9-11H2,1-2H3/t14-/m0/s1. The minimum Gasteiger partial charge on any atom is -0.325 e. The lowest BCUT2D eigenvalue weighted by Gasteiger charge is -2.25. The second kappa shape index (κ2) is 6.58. The predicted molar refractivity (Wildman–Crippen MR) is 83.4 cm³/mol. The largest absolute Gasteiger partial charge is 0.406 e. The van der Waals surface area contributed by atoms with E-state index in [1.165, 1.54) is 17.0 Å². The molecule has 3 rings (SSSR count). The molecule has 0 radical (unpaired) electrons. The van der Waals surface area contributed by atoms with Gasteiger partial charge in [0.2, 0.25) is 0 Å². The smallest absolute Gasteiger partial charge is 0.325 e. The Balaban J connectivity index is 1.68. The minimum absolute atomic E-state index is 0.277. The first-order chi connectivity index (χ1) is 11.3. The van der Waals surface area contributed by atoms with Crippen molar-refractivity contribution in [1.29, 1.82) is 0 Å². The van der Waals surface area contributed by atoms with E-state index in [4.69, 9.17) is 0 Å². The van der Waals surface area contributed by atoms with Crippen LogP contribution in [0.3, 0.4) is 0 Å². The van der Waals surface area contributed by atoms with Crippen molar-refractivity contribution >= 4 is 0 Å². The summed E-state index contributed by atoms with van der Waals surface area (Å²) in [6, 6.07) is 2.31. The number of imidazole rings is 1. The molecule has 1 atom stereocenters. The zero-order valence-corrected chi connectivity index (χ0v) is 13.9. The average Bonchev–Trinajstić information content (AvgIpc) is 3.14. The van der Waals surface area contributed by atoms with Gasteiger partial charge in [0.25, 0.3) is 0 Å². The molecule has 0 amide bonds. The van der Waals surface area contributed by atoms with Gasteiger partial charge in [-0.15, -0.1) is 0 Å². The van der Waals surface area contributed by atoms with Crippen LogP contribution in [0.15, 0.2) is 18.5 Å². The van der Waals surface area contributed by atoms with E-state index in [-0.39, 0.29) is 6.04 Å². The fourth-order valence-corrected chi connectivity index (χ4v) is 3.38. The lowest BCUT2D eigenvalue weighted by Crippen LogP contribution is -2.34. The van der Waals surface area contributed by atoms with Crippen molar-refractivity contribution in [2.24, 2.45) is 0 Å². The third-order valence-corrected chi connectivity index (χ3v) is 4.48. The van der Waals surface area contributed by atoms with Crippen LogP contribution >= 0.6 is 0 Å². The molecule has 5 nitrogen and oxygen atoms in total. The zero-order valence-electron chi connectivity index (χ0n) is 13.9. The first-order valence-electron chi connectivity index (χ1n) is 8.14. The van der Waals surface area contributed by atoms with Crippen LogP contribution in [0.25, 0.3) is 0 Å². The number of hydrogen-bond donors (Lipinski definition) is 0. The predicted octanol–water partition coefficient (Wildman–Crippen LogP) is 2.92. The monoisotopic (exact) mass is 341 g/mol. The molecule has 1 saturated heterocycles. The highest BCUT2D eigenvalue weighted by molar-refractivity contribution is 5.07. The second-order valence-corrected chi connectivity index (χ2v) is 6.46. The summed E-state index contributed by atoms with van der Waals surface area (Å²) >= 11 is 0. The fraction of sp³-hybridized carbons (Fsp3) is 0.625. The Morgan fingerprint density at radius 1 is 1.29 bits per heavy atom. The third-order valence-electron chi connectivity index (χ3n) is 4.48. The van der Waals surface area contributed by atoms with Crippen LogP contribution in [0.5, 0.6) is 0 Å². The van der Waals surface area contributed by atoms with Crippen molar-refractivity contribution < 1.29 is 13.2 Å². The minimum atomic E-state index is -4.23. The first kappa shape index (κ1) is 17.0. The molecular formula is C16H22F3N5. The maximum Gasteiger partial charge on any atom is 0.406 e. The SMILES string of the molecule is Cc1cc(C)n(C[C@@H]2CCCN2Cc2nccn2CC(F)(F)F)n1. The number of aryl methyl sites for hydroxylation is 2. The van der Waals surface area contributed by atoms with Crippen LogP contribution in [0.2, 0.25) is 0 Å². The molecule has 132 valence electrons. The highest BCUT2D eigenvalue weighted by atomic mass is 19.4. The summed E-state index contributed by atoms with van der Waals surface area (Å²) in [5, 5.41) is 4.49. The van der Waals surface area contributed by atoms with Gasteiger partial charge in [0.1, 0.15) is 12.4 Å². The van der Waals surface area contributed by atoms with E-state index < -0.39 is 12.7 Å². The van der Waals surface area contributed by atoms with Gasteiger partial charge in [0, 0.05) is 24.1 Å². The van der Waals surface area contributed by atoms with Crippen LogP contribution in [-0.4, -0.2) is 43.0 Å². The summed E-state index contributed by atoms with van der Waals surface area (Å²) in [4.78, 5) is 6.34. The molecule has 24 heavy (non-hydrogen) atoms. The van der Waals surface area contributed by atoms with Gasteiger partial charge in [-0.05, 0) is 39.3 Å². The van der Waals surface area contributed by atoms with Crippen molar-refractivity contribution in [3.8, 4) is 0 Å². The summed E-state index contributed by atoms with van der Waals surface area (Å²) in [6.45, 7) is 5.08. The quantitative estimate of drug-likeness (QED) is 0.839. The van der Waals surface area contributed by atoms with Gasteiger partial charge in [0.15, 0.2) is 0 Å². The third kappa shape index (κ3) is 3.98. The van der Waals surface area contributed by atoms with E-state index in [1.807, 2.05) is 24.6 Å². The summed E-state index contributed by atoms with van der Waals surface area (Å²) < 4.78 is 41.1. The first-order valence-corrected chi connectivity index (χ1v) is 8.14. The van der Waals surface area contributed by atoms with Gasteiger partial charge < -0.3 is 4.57 Å². The van der Waals surface area contributed by atoms with E-state index >= 15 is 0 Å². The van der Waals surface area contributed by atoms with Crippen molar-refractivity contribution in [1.82, 2.24) is 24.2 Å². The lowest BCUT2D eigenvalue weighted by molar-refractivity contribution is -0.141. The Hall–Kier alpha value is -1.83. The Morgan fingerprint density at radius 2 is 2.08 bits per heavy atom. The normalized spacial score (nSPS) is 19.3. The molecule has 0 bridgehead atoms. The van der Waals surface area contributed by atoms with Gasteiger partial charge in [-0.3, -0.25) is 9.58 Å². The Bertz CT molecular complexity index is 688. The second-order valence-electron chi connectivity index (χ2n) is 6.46. The maximum atomic E-state index is 12.6. The summed E-state index contributed by atoms with van der Waals surface area (Å²) in [6.07, 6.45) is 0.675. The molecule has 0 spiro atoms. The number of rotatable bonds is 5. The van der Waals surface area contributed by atoms with E-state index in [0.717, 1.165) is 37.3 Å². The summed E-state index contributed by atoms with van der Waals surface area (Å²) in [5.74, 6) is 0.465. The molecular weight excluding hydrogens is 319 g/mol. The topological polar surface area (TPSA) is 38.9 Å². The number of nitrogens with zero attached hydrogens (tertiary/aromatic N) is 5. The number of halogens is 3. The van der Waals surface area contributed by atoms with Gasteiger partial charge in [-0.1, -0.05) is 0 Å². The summed E-state index contributed by atoms with van der Waals surface area (Å²) in [5.41, 5.74) is 2.09. The van der Waals surface area contributed by atoms with E-state index in [1.54, 1.807) is 0 Å². The van der Waals surface area contributed by atoms with Crippen molar-refractivity contribution in [3.63, 3.8) is 0 Å². The molecule has 8 heteroatoms. The van der Waals surface area contributed by atoms with Crippen molar-refractivity contribution in [2.75, 3.05) is 6.54 Å². The van der Waals surface area contributed by atoms with E-state index in [0.29, 0.717) is 12.4 Å². The fourth-order valence-electron chi connectivity index (χ4n) is 3.38. The van der Waals surface area contributed by atoms with Gasteiger partial charge in [-0.2, -0.15) is 18.3 Å². The van der Waals surface area contributed by atoms with E-state index in [2.05, 4.69) is 15.0 Å². The Kier molecular flexibility index (Phi) is 4.67. The van der Waals surface area contributed by atoms with Crippen molar-refractivity contribution in [2.45, 2.75) is 58.5 Å². The Labute approximate surface area is 139 Å². The highest BCUT2D eigenvalue weighted by Gasteiger charge is 2.31. The summed E-state index contributed by atoms with van der Waals surface area (Å²) in [7, 11) is 0. The molecule has 0 aliphatic carbocycles. The molecule has 1 aliphatic rings. The number of aromatic nitrogens is 4. The van der Waals surface area contributed by atoms with Gasteiger partial charge >= 0.3 is 6.18 Å². The number of likely N-dealkylation sites (tertiary alicyclic amines) is 1. The molecule has 0 unspecified atom stereocenters. The molecule has 2 aromatic heterocycles. The van der Waals surface area contributed by atoms with Gasteiger partial charge in [0.05, 0.1) is 18.8 Å². The molecule has 0 aromatic carbocycles. The molecule has 1 aliphatic heterocycles. The lowest BCUT2D eigenvalue weighted by atomic mass is 10.2. The maximum absolute atomic E-state index is 12.6. The average molecular weight is 341 g/mol. The molecule has 1 fully saturated rings. The number of alkyl halides is 3. The van der Waals surface area contributed by atoms with Gasteiger partial charge in [-0.25, -0.2) is 4.98 Å².